The summed E-state index contributed by atoms with van der Waals surface area (Å²) in [5.41, 5.74) is 0.946. The maximum Gasteiger partial charge on any atom is 0.258 e. The van der Waals surface area contributed by atoms with E-state index < -0.39 is 0 Å². The molecule has 0 spiro atoms. The van der Waals surface area contributed by atoms with E-state index in [1.165, 1.54) is 12.5 Å². The van der Waals surface area contributed by atoms with Crippen molar-refractivity contribution in [1.82, 2.24) is 9.97 Å². The number of hydrogen-bond acceptors (Lipinski definition) is 3. The van der Waals surface area contributed by atoms with Crippen molar-refractivity contribution < 1.29 is 4.74 Å². The third-order valence-electron chi connectivity index (χ3n) is 2.25. The summed E-state index contributed by atoms with van der Waals surface area (Å²) in [6.07, 6.45) is 2.85. The van der Waals surface area contributed by atoms with Gasteiger partial charge in [-0.25, -0.2) is 4.98 Å². The van der Waals surface area contributed by atoms with Gasteiger partial charge in [-0.15, -0.1) is 0 Å². The molecule has 0 bridgehead atoms. The summed E-state index contributed by atoms with van der Waals surface area (Å²) < 4.78 is 5.46. The SMILES string of the molecule is CCOc1cc(Cl)ccc1-c1cnc[nH]c1=O. The van der Waals surface area contributed by atoms with Crippen LogP contribution in [0, 0.1) is 0 Å². The molecule has 5 heteroatoms. The van der Waals surface area contributed by atoms with E-state index >= 15 is 0 Å². The van der Waals surface area contributed by atoms with E-state index in [1.807, 2.05) is 6.92 Å². The number of aromatic nitrogens is 2. The van der Waals surface area contributed by atoms with Gasteiger partial charge in [0, 0.05) is 16.8 Å². The fourth-order valence-corrected chi connectivity index (χ4v) is 1.69. The molecule has 0 unspecified atom stereocenters. The molecule has 0 saturated carbocycles. The number of nitrogens with zero attached hydrogens (tertiary/aromatic N) is 1. The van der Waals surface area contributed by atoms with Crippen molar-refractivity contribution >= 4 is 11.6 Å². The van der Waals surface area contributed by atoms with E-state index in [-0.39, 0.29) is 5.56 Å². The Kier molecular flexibility index (Phi) is 3.44. The molecule has 0 atom stereocenters. The molecule has 4 nitrogen and oxygen atoms in total. The second-order valence-corrected chi connectivity index (χ2v) is 3.80. The summed E-state index contributed by atoms with van der Waals surface area (Å²) in [4.78, 5) is 18.1. The molecule has 0 fully saturated rings. The van der Waals surface area contributed by atoms with Crippen molar-refractivity contribution in [2.24, 2.45) is 0 Å². The number of hydrogen-bond donors (Lipinski definition) is 1. The van der Waals surface area contributed by atoms with Crippen LogP contribution in [-0.2, 0) is 0 Å². The van der Waals surface area contributed by atoms with E-state index in [9.17, 15) is 4.79 Å². The third-order valence-corrected chi connectivity index (χ3v) is 2.49. The monoisotopic (exact) mass is 250 g/mol. The minimum absolute atomic E-state index is 0.205. The molecule has 1 heterocycles. The zero-order chi connectivity index (χ0) is 12.3. The molecule has 2 rings (SSSR count). The van der Waals surface area contributed by atoms with Crippen LogP contribution in [0.5, 0.6) is 5.75 Å². The molecule has 0 saturated heterocycles. The fraction of sp³-hybridized carbons (Fsp3) is 0.167. The Hall–Kier alpha value is -1.81. The molecule has 2 aromatic rings. The number of halogens is 1. The molecule has 17 heavy (non-hydrogen) atoms. The van der Waals surface area contributed by atoms with Crippen LogP contribution in [0.25, 0.3) is 11.1 Å². The lowest BCUT2D eigenvalue weighted by atomic mass is 10.1. The van der Waals surface area contributed by atoms with Gasteiger partial charge in [-0.1, -0.05) is 11.6 Å². The van der Waals surface area contributed by atoms with Gasteiger partial charge in [0.2, 0.25) is 0 Å². The highest BCUT2D eigenvalue weighted by atomic mass is 35.5. The minimum Gasteiger partial charge on any atom is -0.493 e. The van der Waals surface area contributed by atoms with E-state index in [1.54, 1.807) is 18.2 Å². The number of benzene rings is 1. The van der Waals surface area contributed by atoms with Gasteiger partial charge in [0.25, 0.3) is 5.56 Å². The zero-order valence-electron chi connectivity index (χ0n) is 9.24. The largest absolute Gasteiger partial charge is 0.493 e. The summed E-state index contributed by atoms with van der Waals surface area (Å²) in [6, 6.07) is 5.15. The summed E-state index contributed by atoms with van der Waals surface area (Å²) >= 11 is 5.90. The molecule has 1 aromatic heterocycles. The number of nitrogens with one attached hydrogen (secondary N) is 1. The van der Waals surface area contributed by atoms with Crippen molar-refractivity contribution in [3.63, 3.8) is 0 Å². The Morgan fingerprint density at radius 2 is 2.24 bits per heavy atom. The van der Waals surface area contributed by atoms with Gasteiger partial charge >= 0.3 is 0 Å². The van der Waals surface area contributed by atoms with E-state index in [0.29, 0.717) is 28.5 Å². The third kappa shape index (κ3) is 2.47. The van der Waals surface area contributed by atoms with Crippen molar-refractivity contribution in [2.75, 3.05) is 6.61 Å². The Morgan fingerprint density at radius 3 is 2.94 bits per heavy atom. The van der Waals surface area contributed by atoms with Gasteiger partial charge in [-0.3, -0.25) is 4.79 Å². The first-order valence-electron chi connectivity index (χ1n) is 5.17. The summed E-state index contributed by atoms with van der Waals surface area (Å²) in [5, 5.41) is 0.567. The first kappa shape index (κ1) is 11.7. The molecule has 88 valence electrons. The van der Waals surface area contributed by atoms with E-state index in [0.717, 1.165) is 0 Å². The average molecular weight is 251 g/mol. The fourth-order valence-electron chi connectivity index (χ4n) is 1.53. The average Bonchev–Trinajstić information content (AvgIpc) is 2.31. The van der Waals surface area contributed by atoms with Crippen molar-refractivity contribution in [2.45, 2.75) is 6.92 Å². The molecule has 0 aliphatic carbocycles. The van der Waals surface area contributed by atoms with Gasteiger partial charge < -0.3 is 9.72 Å². The highest BCUT2D eigenvalue weighted by Crippen LogP contribution is 2.30. The Morgan fingerprint density at radius 1 is 1.41 bits per heavy atom. The second kappa shape index (κ2) is 5.01. The van der Waals surface area contributed by atoms with E-state index in [4.69, 9.17) is 16.3 Å². The number of aromatic amines is 1. The van der Waals surface area contributed by atoms with Crippen molar-refractivity contribution in [3.8, 4) is 16.9 Å². The number of ether oxygens (including phenoxy) is 1. The van der Waals surface area contributed by atoms with Crippen LogP contribution in [0.3, 0.4) is 0 Å². The van der Waals surface area contributed by atoms with Gasteiger partial charge in [0.05, 0.1) is 18.5 Å². The Balaban J connectivity index is 2.59. The Bertz CT molecular complexity index is 581. The zero-order valence-corrected chi connectivity index (χ0v) is 9.99. The standard InChI is InChI=1S/C12H11ClN2O2/c1-2-17-11-5-8(13)3-4-9(11)10-6-14-7-15-12(10)16/h3-7H,2H2,1H3,(H,14,15,16). The van der Waals surface area contributed by atoms with Crippen LogP contribution in [0.4, 0.5) is 0 Å². The molecular formula is C12H11ClN2O2. The quantitative estimate of drug-likeness (QED) is 0.911. The normalized spacial score (nSPS) is 10.2. The number of H-pyrrole nitrogens is 1. The molecule has 0 amide bonds. The van der Waals surface area contributed by atoms with Gasteiger partial charge in [-0.2, -0.15) is 0 Å². The van der Waals surface area contributed by atoms with Crippen LogP contribution < -0.4 is 10.3 Å². The lowest BCUT2D eigenvalue weighted by Gasteiger charge is -2.09. The maximum atomic E-state index is 11.7. The van der Waals surface area contributed by atoms with Crippen LogP contribution in [0.15, 0.2) is 35.5 Å². The van der Waals surface area contributed by atoms with Gasteiger partial charge in [0.1, 0.15) is 5.75 Å². The van der Waals surface area contributed by atoms with Crippen molar-refractivity contribution in [3.05, 3.63) is 46.1 Å². The summed E-state index contributed by atoms with van der Waals surface area (Å²) in [7, 11) is 0. The summed E-state index contributed by atoms with van der Waals surface area (Å²) in [6.45, 7) is 2.38. The lowest BCUT2D eigenvalue weighted by Crippen LogP contribution is -2.09. The summed E-state index contributed by atoms with van der Waals surface area (Å²) in [5.74, 6) is 0.582. The van der Waals surface area contributed by atoms with Crippen LogP contribution in [0.2, 0.25) is 5.02 Å². The van der Waals surface area contributed by atoms with Crippen LogP contribution >= 0.6 is 11.6 Å². The second-order valence-electron chi connectivity index (χ2n) is 3.37. The Labute approximate surface area is 103 Å². The first-order chi connectivity index (χ1) is 8.22. The predicted octanol–water partition coefficient (Wildman–Crippen LogP) is 2.49. The molecule has 1 N–H and O–H groups in total. The smallest absolute Gasteiger partial charge is 0.258 e. The predicted molar refractivity (Wildman–Crippen MR) is 66.5 cm³/mol. The first-order valence-corrected chi connectivity index (χ1v) is 5.55. The van der Waals surface area contributed by atoms with Crippen LogP contribution in [-0.4, -0.2) is 16.6 Å². The molecular weight excluding hydrogens is 240 g/mol. The molecule has 1 aromatic carbocycles. The maximum absolute atomic E-state index is 11.7. The topological polar surface area (TPSA) is 55.0 Å². The lowest BCUT2D eigenvalue weighted by molar-refractivity contribution is 0.341. The highest BCUT2D eigenvalue weighted by Gasteiger charge is 2.10. The van der Waals surface area contributed by atoms with Crippen molar-refractivity contribution in [1.29, 1.82) is 0 Å². The molecule has 0 aliphatic heterocycles. The number of rotatable bonds is 3. The highest BCUT2D eigenvalue weighted by molar-refractivity contribution is 6.30. The minimum atomic E-state index is -0.205. The van der Waals surface area contributed by atoms with Crippen LogP contribution in [0.1, 0.15) is 6.92 Å². The van der Waals surface area contributed by atoms with Gasteiger partial charge in [0.15, 0.2) is 0 Å². The van der Waals surface area contributed by atoms with E-state index in [2.05, 4.69) is 9.97 Å². The molecule has 0 aliphatic rings. The molecule has 0 radical (unpaired) electrons. The van der Waals surface area contributed by atoms with Gasteiger partial charge in [-0.05, 0) is 25.1 Å².